The zero-order chi connectivity index (χ0) is 20.9. The molecule has 0 saturated carbocycles. The maximum absolute atomic E-state index is 12.9. The Labute approximate surface area is 163 Å². The maximum atomic E-state index is 12.9. The number of carboxylic acid groups (broad SMARTS) is 1. The number of benzene rings is 2. The van der Waals surface area contributed by atoms with Gasteiger partial charge in [0.1, 0.15) is 10.6 Å². The standard InChI is InChI=1S/C19H22N2O6S/c1-4-12(2)20-18(22)14-7-5-6-8-15(14)21-28(25,26)17-11-13(19(23)24)9-10-16(17)27-3/h5-12,21H,4H2,1-3H3,(H,20,22)(H,23,24). The second kappa shape index (κ2) is 8.75. The van der Waals surface area contributed by atoms with Gasteiger partial charge in [0.25, 0.3) is 15.9 Å². The van der Waals surface area contributed by atoms with Gasteiger partial charge < -0.3 is 15.2 Å². The number of anilines is 1. The van der Waals surface area contributed by atoms with Gasteiger partial charge in [-0.3, -0.25) is 9.52 Å². The van der Waals surface area contributed by atoms with Gasteiger partial charge in [-0.25, -0.2) is 13.2 Å². The van der Waals surface area contributed by atoms with E-state index in [4.69, 9.17) is 9.84 Å². The second-order valence-electron chi connectivity index (χ2n) is 6.10. The van der Waals surface area contributed by atoms with Crippen LogP contribution < -0.4 is 14.8 Å². The van der Waals surface area contributed by atoms with E-state index in [9.17, 15) is 18.0 Å². The summed E-state index contributed by atoms with van der Waals surface area (Å²) in [4.78, 5) is 23.3. The highest BCUT2D eigenvalue weighted by molar-refractivity contribution is 7.92. The summed E-state index contributed by atoms with van der Waals surface area (Å²) >= 11 is 0. The molecule has 1 unspecified atom stereocenters. The van der Waals surface area contributed by atoms with Crippen LogP contribution >= 0.6 is 0 Å². The van der Waals surface area contributed by atoms with E-state index in [-0.39, 0.29) is 33.5 Å². The fourth-order valence-electron chi connectivity index (χ4n) is 2.39. The molecule has 28 heavy (non-hydrogen) atoms. The van der Waals surface area contributed by atoms with Gasteiger partial charge in [-0.05, 0) is 43.7 Å². The highest BCUT2D eigenvalue weighted by Gasteiger charge is 2.24. The molecule has 150 valence electrons. The number of methoxy groups -OCH3 is 1. The lowest BCUT2D eigenvalue weighted by molar-refractivity contribution is 0.0696. The minimum atomic E-state index is -4.22. The number of carboxylic acids is 1. The van der Waals surface area contributed by atoms with E-state index in [1.807, 2.05) is 13.8 Å². The third-order valence-electron chi connectivity index (χ3n) is 4.11. The van der Waals surface area contributed by atoms with Crippen molar-refractivity contribution in [2.45, 2.75) is 31.2 Å². The van der Waals surface area contributed by atoms with Crippen molar-refractivity contribution in [3.63, 3.8) is 0 Å². The van der Waals surface area contributed by atoms with Crippen molar-refractivity contribution in [2.75, 3.05) is 11.8 Å². The van der Waals surface area contributed by atoms with Crippen molar-refractivity contribution >= 4 is 27.6 Å². The van der Waals surface area contributed by atoms with Gasteiger partial charge in [-0.2, -0.15) is 0 Å². The van der Waals surface area contributed by atoms with Gasteiger partial charge in [0.05, 0.1) is 23.9 Å². The maximum Gasteiger partial charge on any atom is 0.335 e. The summed E-state index contributed by atoms with van der Waals surface area (Å²) in [6.45, 7) is 3.76. The average molecular weight is 406 g/mol. The lowest BCUT2D eigenvalue weighted by Crippen LogP contribution is -2.32. The SMILES string of the molecule is CCC(C)NC(=O)c1ccccc1NS(=O)(=O)c1cc(C(=O)O)ccc1OC. The van der Waals surface area contributed by atoms with Crippen molar-refractivity contribution in [3.05, 3.63) is 53.6 Å². The zero-order valence-corrected chi connectivity index (χ0v) is 16.5. The van der Waals surface area contributed by atoms with E-state index in [2.05, 4.69) is 10.0 Å². The molecule has 0 saturated heterocycles. The number of amides is 1. The summed E-state index contributed by atoms with van der Waals surface area (Å²) in [6.07, 6.45) is 0.721. The van der Waals surface area contributed by atoms with Gasteiger partial charge >= 0.3 is 5.97 Å². The molecule has 2 aromatic carbocycles. The smallest absolute Gasteiger partial charge is 0.335 e. The molecule has 0 aliphatic heterocycles. The molecule has 3 N–H and O–H groups in total. The molecule has 0 aromatic heterocycles. The molecule has 0 fully saturated rings. The van der Waals surface area contributed by atoms with Crippen LogP contribution in [0.3, 0.4) is 0 Å². The summed E-state index contributed by atoms with van der Waals surface area (Å²) in [5.74, 6) is -1.70. The Balaban J connectivity index is 2.45. The molecule has 0 aliphatic rings. The third kappa shape index (κ3) is 4.80. The Hall–Kier alpha value is -3.07. The quantitative estimate of drug-likeness (QED) is 0.620. The molecule has 1 amide bonds. The summed E-state index contributed by atoms with van der Waals surface area (Å²) in [5, 5.41) is 11.9. The molecular weight excluding hydrogens is 384 g/mol. The molecule has 9 heteroatoms. The molecule has 0 aliphatic carbocycles. The van der Waals surface area contributed by atoms with E-state index in [0.29, 0.717) is 0 Å². The minimum Gasteiger partial charge on any atom is -0.495 e. The van der Waals surface area contributed by atoms with Crippen LogP contribution in [0.25, 0.3) is 0 Å². The number of carbonyl (C=O) groups excluding carboxylic acids is 1. The van der Waals surface area contributed by atoms with E-state index < -0.39 is 21.9 Å². The molecule has 8 nitrogen and oxygen atoms in total. The molecule has 0 radical (unpaired) electrons. The van der Waals surface area contributed by atoms with Crippen molar-refractivity contribution in [2.24, 2.45) is 0 Å². The first-order chi connectivity index (χ1) is 13.2. The van der Waals surface area contributed by atoms with Crippen LogP contribution in [0.15, 0.2) is 47.4 Å². The number of nitrogens with one attached hydrogen (secondary N) is 2. The Bertz CT molecular complexity index is 988. The first-order valence-corrected chi connectivity index (χ1v) is 10.0. The first-order valence-electron chi connectivity index (χ1n) is 8.53. The molecular formula is C19H22N2O6S. The number of aromatic carboxylic acids is 1. The van der Waals surface area contributed by atoms with Crippen LogP contribution in [0, 0.1) is 0 Å². The summed E-state index contributed by atoms with van der Waals surface area (Å²) in [6, 6.07) is 9.59. The van der Waals surface area contributed by atoms with Crippen molar-refractivity contribution in [1.29, 1.82) is 0 Å². The average Bonchev–Trinajstić information content (AvgIpc) is 2.67. The Morgan fingerprint density at radius 1 is 1.18 bits per heavy atom. The molecule has 0 spiro atoms. The monoisotopic (exact) mass is 406 g/mol. The Morgan fingerprint density at radius 3 is 2.46 bits per heavy atom. The number of rotatable bonds is 8. The molecule has 2 aromatic rings. The highest BCUT2D eigenvalue weighted by Crippen LogP contribution is 2.28. The first kappa shape index (κ1) is 21.2. The number of hydrogen-bond donors (Lipinski definition) is 3. The largest absolute Gasteiger partial charge is 0.495 e. The molecule has 0 bridgehead atoms. The van der Waals surface area contributed by atoms with Gasteiger partial charge in [-0.1, -0.05) is 19.1 Å². The van der Waals surface area contributed by atoms with E-state index in [1.165, 1.54) is 31.4 Å². The Morgan fingerprint density at radius 2 is 1.86 bits per heavy atom. The summed E-state index contributed by atoms with van der Waals surface area (Å²) in [7, 11) is -2.94. The predicted octanol–water partition coefficient (Wildman–Crippen LogP) is 2.72. The fourth-order valence-corrected chi connectivity index (χ4v) is 3.67. The third-order valence-corrected chi connectivity index (χ3v) is 5.49. The van der Waals surface area contributed by atoms with Crippen LogP contribution in [0.5, 0.6) is 5.75 Å². The van der Waals surface area contributed by atoms with Crippen LogP contribution in [0.1, 0.15) is 41.0 Å². The van der Waals surface area contributed by atoms with Gasteiger partial charge in [0, 0.05) is 6.04 Å². The van der Waals surface area contributed by atoms with Crippen LogP contribution in [0.2, 0.25) is 0 Å². The topological polar surface area (TPSA) is 122 Å². The molecule has 1 atom stereocenters. The number of carbonyl (C=O) groups is 2. The second-order valence-corrected chi connectivity index (χ2v) is 7.76. The fraction of sp³-hybridized carbons (Fsp3) is 0.263. The lowest BCUT2D eigenvalue weighted by atomic mass is 10.1. The van der Waals surface area contributed by atoms with Crippen LogP contribution in [-0.4, -0.2) is 38.6 Å². The van der Waals surface area contributed by atoms with Gasteiger partial charge in [0.15, 0.2) is 0 Å². The van der Waals surface area contributed by atoms with Gasteiger partial charge in [-0.15, -0.1) is 0 Å². The molecule has 2 rings (SSSR count). The number of hydrogen-bond acceptors (Lipinski definition) is 5. The van der Waals surface area contributed by atoms with Crippen LogP contribution in [0.4, 0.5) is 5.69 Å². The van der Waals surface area contributed by atoms with Crippen molar-refractivity contribution in [3.8, 4) is 5.75 Å². The zero-order valence-electron chi connectivity index (χ0n) is 15.7. The van der Waals surface area contributed by atoms with Gasteiger partial charge in [0.2, 0.25) is 0 Å². The minimum absolute atomic E-state index is 0.0148. The number of sulfonamides is 1. The Kier molecular flexibility index (Phi) is 6.63. The lowest BCUT2D eigenvalue weighted by Gasteiger charge is -2.16. The number of para-hydroxylation sites is 1. The van der Waals surface area contributed by atoms with Crippen molar-refractivity contribution in [1.82, 2.24) is 5.32 Å². The normalized spacial score (nSPS) is 12.1. The van der Waals surface area contributed by atoms with E-state index >= 15 is 0 Å². The number of ether oxygens (including phenoxy) is 1. The van der Waals surface area contributed by atoms with E-state index in [0.717, 1.165) is 12.5 Å². The summed E-state index contributed by atoms with van der Waals surface area (Å²) < 4.78 is 33.2. The summed E-state index contributed by atoms with van der Waals surface area (Å²) in [5.41, 5.74) is 0.0230. The highest BCUT2D eigenvalue weighted by atomic mass is 32.2. The van der Waals surface area contributed by atoms with Crippen LogP contribution in [-0.2, 0) is 10.0 Å². The molecule has 0 heterocycles. The van der Waals surface area contributed by atoms with E-state index in [1.54, 1.807) is 12.1 Å². The predicted molar refractivity (Wildman–Crippen MR) is 104 cm³/mol. The van der Waals surface area contributed by atoms with Crippen molar-refractivity contribution < 1.29 is 27.9 Å².